The lowest BCUT2D eigenvalue weighted by atomic mass is 10.0. The molecule has 0 aliphatic heterocycles. The fraction of sp³-hybridized carbons (Fsp3) is 0.615. The van der Waals surface area contributed by atoms with Crippen molar-refractivity contribution in [2.45, 2.75) is 30.2 Å². The molecule has 108 valence electrons. The summed E-state index contributed by atoms with van der Waals surface area (Å²) in [5.74, 6) is 2.63. The summed E-state index contributed by atoms with van der Waals surface area (Å²) in [6, 6.07) is 1.63. The predicted octanol–water partition coefficient (Wildman–Crippen LogP) is 1.75. The number of halogens is 1. The number of rotatable bonds is 3. The van der Waals surface area contributed by atoms with E-state index in [-0.39, 0.29) is 16.8 Å². The number of anilines is 1. The molecule has 20 heavy (non-hydrogen) atoms. The molecule has 7 heteroatoms. The van der Waals surface area contributed by atoms with E-state index in [1.807, 2.05) is 0 Å². The lowest BCUT2D eigenvalue weighted by Gasteiger charge is -2.12. The van der Waals surface area contributed by atoms with Crippen molar-refractivity contribution in [1.29, 1.82) is 0 Å². The maximum absolute atomic E-state index is 12.5. The first-order chi connectivity index (χ1) is 9.47. The van der Waals surface area contributed by atoms with Crippen LogP contribution in [0.5, 0.6) is 0 Å². The molecule has 1 heterocycles. The van der Waals surface area contributed by atoms with Crippen molar-refractivity contribution in [3.8, 4) is 0 Å². The quantitative estimate of drug-likeness (QED) is 0.862. The average molecular weight is 358 g/mol. The second-order valence-electron chi connectivity index (χ2n) is 6.17. The number of pyridine rings is 1. The molecule has 3 saturated carbocycles. The molecule has 4 rings (SSSR count). The van der Waals surface area contributed by atoms with Crippen LogP contribution in [0.4, 0.5) is 5.82 Å². The molecule has 1 aromatic heterocycles. The molecular weight excluding hydrogens is 342 g/mol. The van der Waals surface area contributed by atoms with Gasteiger partial charge >= 0.3 is 0 Å². The topological polar surface area (TPSA) is 85.1 Å². The van der Waals surface area contributed by atoms with Crippen molar-refractivity contribution < 1.29 is 8.42 Å². The van der Waals surface area contributed by atoms with Crippen molar-refractivity contribution >= 4 is 31.8 Å². The monoisotopic (exact) mass is 357 g/mol. The molecule has 3 aliphatic rings. The summed E-state index contributed by atoms with van der Waals surface area (Å²) in [7, 11) is -3.58. The van der Waals surface area contributed by atoms with Gasteiger partial charge in [-0.2, -0.15) is 0 Å². The zero-order chi connectivity index (χ0) is 14.1. The van der Waals surface area contributed by atoms with Gasteiger partial charge < -0.3 is 5.73 Å². The van der Waals surface area contributed by atoms with Gasteiger partial charge in [0.2, 0.25) is 10.0 Å². The second-order valence-corrected chi connectivity index (χ2v) is 8.77. The summed E-state index contributed by atoms with van der Waals surface area (Å²) in [4.78, 5) is 3.97. The molecule has 0 amide bonds. The van der Waals surface area contributed by atoms with Crippen LogP contribution in [0.2, 0.25) is 0 Å². The van der Waals surface area contributed by atoms with E-state index in [2.05, 4.69) is 25.6 Å². The largest absolute Gasteiger partial charge is 0.383 e. The molecule has 0 radical (unpaired) electrons. The SMILES string of the molecule is Nc1ncc(Br)cc1S(=O)(=O)NC1C2C3CCC(C3)C12. The minimum Gasteiger partial charge on any atom is -0.383 e. The molecule has 3 fully saturated rings. The van der Waals surface area contributed by atoms with Gasteiger partial charge in [0.15, 0.2) is 0 Å². The van der Waals surface area contributed by atoms with Crippen LogP contribution in [-0.4, -0.2) is 19.4 Å². The van der Waals surface area contributed by atoms with Crippen molar-refractivity contribution in [3.05, 3.63) is 16.7 Å². The molecule has 0 spiro atoms. The van der Waals surface area contributed by atoms with Crippen LogP contribution < -0.4 is 10.5 Å². The van der Waals surface area contributed by atoms with Gasteiger partial charge in [-0.15, -0.1) is 0 Å². The zero-order valence-electron chi connectivity index (χ0n) is 10.8. The van der Waals surface area contributed by atoms with Crippen LogP contribution in [0.15, 0.2) is 21.6 Å². The summed E-state index contributed by atoms with van der Waals surface area (Å²) in [5, 5.41) is 0. The maximum atomic E-state index is 12.5. The minimum absolute atomic E-state index is 0.0504. The Balaban J connectivity index is 1.58. The van der Waals surface area contributed by atoms with Gasteiger partial charge in [0, 0.05) is 16.7 Å². The van der Waals surface area contributed by atoms with Crippen molar-refractivity contribution in [2.75, 3.05) is 5.73 Å². The number of nitrogens with one attached hydrogen (secondary N) is 1. The van der Waals surface area contributed by atoms with Gasteiger partial charge in [-0.25, -0.2) is 18.1 Å². The van der Waals surface area contributed by atoms with E-state index in [0.29, 0.717) is 16.3 Å². The van der Waals surface area contributed by atoms with Gasteiger partial charge in [0.1, 0.15) is 10.7 Å². The van der Waals surface area contributed by atoms with Crippen molar-refractivity contribution in [2.24, 2.45) is 23.7 Å². The summed E-state index contributed by atoms with van der Waals surface area (Å²) >= 11 is 3.24. The Morgan fingerprint density at radius 2 is 1.95 bits per heavy atom. The molecule has 2 bridgehead atoms. The van der Waals surface area contributed by atoms with Crippen LogP contribution >= 0.6 is 15.9 Å². The molecule has 3 N–H and O–H groups in total. The Kier molecular flexibility index (Phi) is 2.72. The molecule has 0 saturated heterocycles. The molecular formula is C13H16BrN3O2S. The number of aromatic nitrogens is 1. The summed E-state index contributed by atoms with van der Waals surface area (Å²) < 4.78 is 28.4. The first kappa shape index (κ1) is 13.0. The van der Waals surface area contributed by atoms with Crippen molar-refractivity contribution in [3.63, 3.8) is 0 Å². The smallest absolute Gasteiger partial charge is 0.244 e. The van der Waals surface area contributed by atoms with E-state index >= 15 is 0 Å². The molecule has 3 aliphatic carbocycles. The van der Waals surface area contributed by atoms with Gasteiger partial charge in [-0.1, -0.05) is 0 Å². The van der Waals surface area contributed by atoms with E-state index in [4.69, 9.17) is 5.73 Å². The van der Waals surface area contributed by atoms with E-state index in [1.54, 1.807) is 0 Å². The van der Waals surface area contributed by atoms with Crippen LogP contribution in [0.25, 0.3) is 0 Å². The van der Waals surface area contributed by atoms with Crippen LogP contribution in [-0.2, 0) is 10.0 Å². The highest BCUT2D eigenvalue weighted by atomic mass is 79.9. The normalized spacial score (nSPS) is 38.0. The first-order valence-corrected chi connectivity index (χ1v) is 9.18. The first-order valence-electron chi connectivity index (χ1n) is 6.91. The number of nitrogen functional groups attached to an aromatic ring is 1. The van der Waals surface area contributed by atoms with E-state index in [0.717, 1.165) is 11.8 Å². The van der Waals surface area contributed by atoms with E-state index < -0.39 is 10.0 Å². The zero-order valence-corrected chi connectivity index (χ0v) is 13.2. The Labute approximate surface area is 126 Å². The molecule has 1 aromatic rings. The highest BCUT2D eigenvalue weighted by molar-refractivity contribution is 9.10. The van der Waals surface area contributed by atoms with E-state index in [9.17, 15) is 8.42 Å². The number of hydrogen-bond donors (Lipinski definition) is 2. The predicted molar refractivity (Wildman–Crippen MR) is 78.3 cm³/mol. The molecule has 4 atom stereocenters. The Morgan fingerprint density at radius 3 is 2.60 bits per heavy atom. The summed E-state index contributed by atoms with van der Waals surface area (Å²) in [5.41, 5.74) is 5.70. The summed E-state index contributed by atoms with van der Waals surface area (Å²) in [6.45, 7) is 0. The van der Waals surface area contributed by atoms with Gasteiger partial charge in [-0.05, 0) is 64.9 Å². The summed E-state index contributed by atoms with van der Waals surface area (Å²) in [6.07, 6.45) is 5.34. The lowest BCUT2D eigenvalue weighted by Crippen LogP contribution is -2.30. The third-order valence-electron chi connectivity index (χ3n) is 5.16. The Morgan fingerprint density at radius 1 is 1.30 bits per heavy atom. The van der Waals surface area contributed by atoms with Crippen LogP contribution in [0.1, 0.15) is 19.3 Å². The van der Waals surface area contributed by atoms with Gasteiger partial charge in [-0.3, -0.25) is 0 Å². The third kappa shape index (κ3) is 1.83. The maximum Gasteiger partial charge on any atom is 0.244 e. The standard InChI is InChI=1S/C13H16BrN3O2S/c14-8-4-9(13(15)16-5-8)20(18,19)17-12-10-6-1-2-7(3-6)11(10)12/h4-7,10-12,17H,1-3H2,(H2,15,16). The van der Waals surface area contributed by atoms with Gasteiger partial charge in [0.05, 0.1) is 0 Å². The Hall–Kier alpha value is -0.660. The fourth-order valence-corrected chi connectivity index (χ4v) is 6.26. The molecule has 5 nitrogen and oxygen atoms in total. The fourth-order valence-electron chi connectivity index (χ4n) is 4.37. The van der Waals surface area contributed by atoms with Crippen molar-refractivity contribution in [1.82, 2.24) is 9.71 Å². The van der Waals surface area contributed by atoms with Crippen LogP contribution in [0.3, 0.4) is 0 Å². The average Bonchev–Trinajstić information content (AvgIpc) is 2.81. The Bertz CT molecular complexity index is 662. The van der Waals surface area contributed by atoms with Gasteiger partial charge in [0.25, 0.3) is 0 Å². The number of fused-ring (bicyclic) bond motifs is 5. The highest BCUT2D eigenvalue weighted by Crippen LogP contribution is 2.65. The number of sulfonamides is 1. The van der Waals surface area contributed by atoms with Crippen LogP contribution in [0, 0.1) is 23.7 Å². The highest BCUT2D eigenvalue weighted by Gasteiger charge is 2.65. The van der Waals surface area contributed by atoms with E-state index in [1.165, 1.54) is 31.5 Å². The number of hydrogen-bond acceptors (Lipinski definition) is 4. The minimum atomic E-state index is -3.58. The number of nitrogens with zero attached hydrogens (tertiary/aromatic N) is 1. The lowest BCUT2D eigenvalue weighted by molar-refractivity contribution is 0.456. The second kappa shape index (κ2) is 4.18. The third-order valence-corrected chi connectivity index (χ3v) is 7.09. The number of nitrogens with two attached hydrogens (primary N) is 1. The molecule has 4 unspecified atom stereocenters. The molecule has 0 aromatic carbocycles.